The van der Waals surface area contributed by atoms with Gasteiger partial charge in [-0.2, -0.15) is 0 Å². The summed E-state index contributed by atoms with van der Waals surface area (Å²) in [7, 11) is 2.82. The van der Waals surface area contributed by atoms with Gasteiger partial charge in [0, 0.05) is 13.0 Å². The van der Waals surface area contributed by atoms with Crippen LogP contribution < -0.4 is 19.7 Å². The van der Waals surface area contributed by atoms with Crippen molar-refractivity contribution in [3.8, 4) is 11.5 Å². The van der Waals surface area contributed by atoms with Gasteiger partial charge in [0.05, 0.1) is 25.6 Å². The minimum absolute atomic E-state index is 0.255. The molecule has 144 valence electrons. The summed E-state index contributed by atoms with van der Waals surface area (Å²) in [6.45, 7) is 0.710. The first kappa shape index (κ1) is 20.1. The van der Waals surface area contributed by atoms with Crippen LogP contribution in [0, 0.1) is 17.5 Å². The fourth-order valence-corrected chi connectivity index (χ4v) is 2.33. The number of rotatable bonds is 6. The van der Waals surface area contributed by atoms with Crippen molar-refractivity contribution in [2.45, 2.75) is 6.92 Å². The van der Waals surface area contributed by atoms with Gasteiger partial charge < -0.3 is 14.8 Å². The third-order valence-electron chi connectivity index (χ3n) is 3.67. The Labute approximate surface area is 153 Å². The largest absolute Gasteiger partial charge is 0.497 e. The predicted octanol–water partition coefficient (Wildman–Crippen LogP) is 3.11. The van der Waals surface area contributed by atoms with E-state index < -0.39 is 41.5 Å². The average Bonchev–Trinajstić information content (AvgIpc) is 2.65. The number of carbonyl (C=O) groups excluding carboxylic acids is 2. The van der Waals surface area contributed by atoms with Gasteiger partial charge in [0.25, 0.3) is 0 Å². The molecule has 0 aliphatic carbocycles. The van der Waals surface area contributed by atoms with Crippen LogP contribution in [0.2, 0.25) is 0 Å². The Hall–Kier alpha value is -3.23. The van der Waals surface area contributed by atoms with Crippen molar-refractivity contribution < 1.29 is 32.2 Å². The molecule has 0 fully saturated rings. The summed E-state index contributed by atoms with van der Waals surface area (Å²) < 4.78 is 50.3. The molecule has 0 atom stereocenters. The van der Waals surface area contributed by atoms with E-state index in [1.54, 1.807) is 12.1 Å². The van der Waals surface area contributed by atoms with Gasteiger partial charge in [0.2, 0.25) is 11.8 Å². The molecule has 0 saturated carbocycles. The van der Waals surface area contributed by atoms with E-state index >= 15 is 0 Å². The standard InChI is InChI=1S/C18H17F3N2O4/c1-10(24)23(14-8-11(26-2)4-7-15(14)27-3)9-16(25)22-13-6-5-12(19)17(20)18(13)21/h4-8H,9H2,1-3H3,(H,22,25). The van der Waals surface area contributed by atoms with Crippen LogP contribution in [0.4, 0.5) is 24.5 Å². The normalized spacial score (nSPS) is 10.3. The van der Waals surface area contributed by atoms with Crippen LogP contribution in [0.25, 0.3) is 0 Å². The monoisotopic (exact) mass is 382 g/mol. The summed E-state index contributed by atoms with van der Waals surface area (Å²) in [5.41, 5.74) is -0.287. The van der Waals surface area contributed by atoms with Crippen molar-refractivity contribution in [2.75, 3.05) is 31.0 Å². The van der Waals surface area contributed by atoms with Crippen molar-refractivity contribution in [3.05, 3.63) is 47.8 Å². The minimum atomic E-state index is -1.70. The predicted molar refractivity (Wildman–Crippen MR) is 92.5 cm³/mol. The molecule has 0 radical (unpaired) electrons. The van der Waals surface area contributed by atoms with Gasteiger partial charge in [-0.3, -0.25) is 14.5 Å². The van der Waals surface area contributed by atoms with E-state index in [0.717, 1.165) is 11.0 Å². The topological polar surface area (TPSA) is 67.9 Å². The SMILES string of the molecule is COc1ccc(OC)c(N(CC(=O)Nc2ccc(F)c(F)c2F)C(C)=O)c1. The average molecular weight is 382 g/mol. The Balaban J connectivity index is 2.28. The van der Waals surface area contributed by atoms with Crippen LogP contribution in [-0.2, 0) is 9.59 Å². The third kappa shape index (κ3) is 4.49. The number of hydrogen-bond donors (Lipinski definition) is 1. The fourth-order valence-electron chi connectivity index (χ4n) is 2.33. The van der Waals surface area contributed by atoms with Crippen LogP contribution >= 0.6 is 0 Å². The highest BCUT2D eigenvalue weighted by Crippen LogP contribution is 2.32. The van der Waals surface area contributed by atoms with Gasteiger partial charge in [-0.1, -0.05) is 0 Å². The molecule has 0 aliphatic heterocycles. The summed E-state index contributed by atoms with van der Waals surface area (Å²) in [5.74, 6) is -5.20. The highest BCUT2D eigenvalue weighted by atomic mass is 19.2. The van der Waals surface area contributed by atoms with Crippen LogP contribution in [0.5, 0.6) is 11.5 Å². The lowest BCUT2D eigenvalue weighted by atomic mass is 10.2. The van der Waals surface area contributed by atoms with E-state index in [4.69, 9.17) is 9.47 Å². The molecule has 9 heteroatoms. The van der Waals surface area contributed by atoms with Gasteiger partial charge in [-0.15, -0.1) is 0 Å². The zero-order valence-corrected chi connectivity index (χ0v) is 14.8. The van der Waals surface area contributed by atoms with Crippen LogP contribution in [0.1, 0.15) is 6.92 Å². The number of carbonyl (C=O) groups is 2. The number of nitrogens with zero attached hydrogens (tertiary/aromatic N) is 1. The quantitative estimate of drug-likeness (QED) is 0.780. The zero-order valence-electron chi connectivity index (χ0n) is 14.8. The second-order valence-electron chi connectivity index (χ2n) is 5.41. The van der Waals surface area contributed by atoms with Crippen molar-refractivity contribution >= 4 is 23.2 Å². The number of amides is 2. The molecule has 2 aromatic rings. The lowest BCUT2D eigenvalue weighted by Gasteiger charge is -2.23. The van der Waals surface area contributed by atoms with Gasteiger partial charge >= 0.3 is 0 Å². The highest BCUT2D eigenvalue weighted by Gasteiger charge is 2.22. The van der Waals surface area contributed by atoms with Crippen molar-refractivity contribution in [2.24, 2.45) is 0 Å². The van der Waals surface area contributed by atoms with Crippen LogP contribution in [0.3, 0.4) is 0 Å². The number of nitrogens with one attached hydrogen (secondary N) is 1. The smallest absolute Gasteiger partial charge is 0.244 e. The number of benzene rings is 2. The Morgan fingerprint density at radius 3 is 2.33 bits per heavy atom. The van der Waals surface area contributed by atoms with E-state index in [0.29, 0.717) is 17.6 Å². The Morgan fingerprint density at radius 1 is 1.04 bits per heavy atom. The second-order valence-corrected chi connectivity index (χ2v) is 5.41. The van der Waals surface area contributed by atoms with E-state index in [2.05, 4.69) is 5.32 Å². The molecule has 0 aromatic heterocycles. The molecule has 0 saturated heterocycles. The number of methoxy groups -OCH3 is 2. The van der Waals surface area contributed by atoms with Gasteiger partial charge in [-0.05, 0) is 24.3 Å². The van der Waals surface area contributed by atoms with E-state index in [-0.39, 0.29) is 5.69 Å². The molecule has 2 aromatic carbocycles. The lowest BCUT2D eigenvalue weighted by molar-refractivity contribution is -0.120. The summed E-state index contributed by atoms with van der Waals surface area (Å²) in [4.78, 5) is 25.4. The first-order valence-corrected chi connectivity index (χ1v) is 7.72. The maximum Gasteiger partial charge on any atom is 0.244 e. The van der Waals surface area contributed by atoms with Crippen LogP contribution in [0.15, 0.2) is 30.3 Å². The Morgan fingerprint density at radius 2 is 1.74 bits per heavy atom. The van der Waals surface area contributed by atoms with E-state index in [1.165, 1.54) is 27.2 Å². The Kier molecular flexibility index (Phi) is 6.27. The molecule has 2 amide bonds. The highest BCUT2D eigenvalue weighted by molar-refractivity contribution is 6.02. The maximum absolute atomic E-state index is 13.7. The molecule has 0 unspecified atom stereocenters. The summed E-state index contributed by atoms with van der Waals surface area (Å²) in [6, 6.07) is 6.22. The maximum atomic E-state index is 13.7. The van der Waals surface area contributed by atoms with E-state index in [9.17, 15) is 22.8 Å². The van der Waals surface area contributed by atoms with Gasteiger partial charge in [-0.25, -0.2) is 13.2 Å². The fraction of sp³-hybridized carbons (Fsp3) is 0.222. The molecule has 0 spiro atoms. The first-order chi connectivity index (χ1) is 12.8. The molecule has 1 N–H and O–H groups in total. The number of halogens is 3. The molecule has 0 heterocycles. The van der Waals surface area contributed by atoms with Crippen molar-refractivity contribution in [1.29, 1.82) is 0 Å². The molecule has 0 bridgehead atoms. The molecule has 6 nitrogen and oxygen atoms in total. The first-order valence-electron chi connectivity index (χ1n) is 7.72. The second kappa shape index (κ2) is 8.43. The van der Waals surface area contributed by atoms with Gasteiger partial charge in [0.15, 0.2) is 17.5 Å². The molecular formula is C18H17F3N2O4. The molecular weight excluding hydrogens is 365 g/mol. The van der Waals surface area contributed by atoms with E-state index in [1.807, 2.05) is 0 Å². The summed E-state index contributed by atoms with van der Waals surface area (Å²) in [6.07, 6.45) is 0. The zero-order chi connectivity index (χ0) is 20.1. The number of anilines is 2. The summed E-state index contributed by atoms with van der Waals surface area (Å²) >= 11 is 0. The third-order valence-corrected chi connectivity index (χ3v) is 3.67. The minimum Gasteiger partial charge on any atom is -0.497 e. The molecule has 27 heavy (non-hydrogen) atoms. The van der Waals surface area contributed by atoms with Crippen molar-refractivity contribution in [3.63, 3.8) is 0 Å². The van der Waals surface area contributed by atoms with Crippen molar-refractivity contribution in [1.82, 2.24) is 0 Å². The van der Waals surface area contributed by atoms with Gasteiger partial charge in [0.1, 0.15) is 18.0 Å². The number of hydrogen-bond acceptors (Lipinski definition) is 4. The molecule has 0 aliphatic rings. The Bertz CT molecular complexity index is 874. The lowest BCUT2D eigenvalue weighted by Crippen LogP contribution is -2.37. The number of ether oxygens (including phenoxy) is 2. The summed E-state index contributed by atoms with van der Waals surface area (Å²) in [5, 5.41) is 2.11. The van der Waals surface area contributed by atoms with Crippen LogP contribution in [-0.4, -0.2) is 32.6 Å². The molecule has 2 rings (SSSR count).